The van der Waals surface area contributed by atoms with Crippen LogP contribution in [0.4, 0.5) is 0 Å². The second-order valence-electron chi connectivity index (χ2n) is 12.3. The molecule has 3 N–H and O–H groups in total. The molecule has 0 aliphatic heterocycles. The maximum Gasteiger partial charge on any atom is 0.307 e. The van der Waals surface area contributed by atoms with Crippen molar-refractivity contribution in [3.63, 3.8) is 0 Å². The summed E-state index contributed by atoms with van der Waals surface area (Å²) in [6, 6.07) is 21.7. The van der Waals surface area contributed by atoms with Gasteiger partial charge < -0.3 is 29.6 Å². The minimum Gasteiger partial charge on any atom is -0.457 e. The quantitative estimate of drug-likeness (QED) is 0.0714. The zero-order valence-electron chi connectivity index (χ0n) is 27.9. The number of aromatic nitrogens is 6. The van der Waals surface area contributed by atoms with Crippen LogP contribution in [-0.4, -0.2) is 52.6 Å². The minimum atomic E-state index is -1.70. The van der Waals surface area contributed by atoms with Crippen LogP contribution in [0.1, 0.15) is 29.5 Å². The predicted octanol–water partition coefficient (Wildman–Crippen LogP) is 6.76. The highest BCUT2D eigenvalue weighted by molar-refractivity contribution is 6.32. The van der Waals surface area contributed by atoms with Crippen molar-refractivity contribution in [3.05, 3.63) is 141 Å². The van der Waals surface area contributed by atoms with Crippen LogP contribution in [0.15, 0.2) is 104 Å². The molecule has 0 saturated heterocycles. The monoisotopic (exact) mass is 797 g/mol. The molecule has 0 amide bonds. The highest BCUT2D eigenvalue weighted by atomic mass is 35.5. The Morgan fingerprint density at radius 1 is 0.736 bits per heavy atom. The Kier molecular flexibility index (Phi) is 12.0. The van der Waals surface area contributed by atoms with Gasteiger partial charge in [-0.15, -0.1) is 0 Å². The lowest BCUT2D eigenvalue weighted by atomic mass is 9.90. The Labute approximate surface area is 324 Å². The van der Waals surface area contributed by atoms with Gasteiger partial charge in [-0.3, -0.25) is 0 Å². The number of halogens is 4. The molecule has 2 unspecified atom stereocenters. The molecule has 6 rings (SSSR count). The number of rotatable bonds is 16. The van der Waals surface area contributed by atoms with Crippen LogP contribution < -0.4 is 14.2 Å². The summed E-state index contributed by atoms with van der Waals surface area (Å²) in [5.74, 6) is 1.85. The molecule has 4 aromatic carbocycles. The van der Waals surface area contributed by atoms with E-state index in [4.69, 9.17) is 55.9 Å². The molecule has 53 heavy (non-hydrogen) atoms. The number of ether oxygens (including phenoxy) is 2. The first-order valence-corrected chi connectivity index (χ1v) is 17.7. The molecule has 0 fully saturated rings. The van der Waals surface area contributed by atoms with E-state index >= 15 is 0 Å². The lowest BCUT2D eigenvalue weighted by Gasteiger charge is -2.29. The van der Waals surface area contributed by atoms with Crippen LogP contribution >= 0.6 is 46.4 Å². The van der Waals surface area contributed by atoms with Crippen LogP contribution in [0.25, 0.3) is 0 Å². The van der Waals surface area contributed by atoms with Gasteiger partial charge in [0.2, 0.25) is 6.33 Å². The topological polar surface area (TPSA) is 149 Å². The smallest absolute Gasteiger partial charge is 0.307 e. The molecule has 0 aliphatic rings. The molecule has 0 aliphatic carbocycles. The third-order valence-corrected chi connectivity index (χ3v) is 9.75. The Morgan fingerprint density at radius 3 is 1.98 bits per heavy atom. The van der Waals surface area contributed by atoms with Crippen LogP contribution in [0, 0.1) is 0 Å². The van der Waals surface area contributed by atoms with Gasteiger partial charge in [-0.2, -0.15) is 14.5 Å². The molecule has 274 valence electrons. The SMILES string of the molecule is O=CCC(O)(Cn1cnc[n+]1Cc1cc(Oc2ccc(C(O)(CCO)Cn3cncn3)c(Cl)c2)ccc1Cl)c1ccc(Oc2ccc(Cl)cc2)cc1Cl. The van der Waals surface area contributed by atoms with E-state index in [1.807, 2.05) is 0 Å². The van der Waals surface area contributed by atoms with E-state index in [1.165, 1.54) is 23.7 Å². The van der Waals surface area contributed by atoms with Crippen LogP contribution in [0.5, 0.6) is 23.0 Å². The van der Waals surface area contributed by atoms with E-state index in [2.05, 4.69) is 15.1 Å². The molecule has 12 nitrogen and oxygen atoms in total. The van der Waals surface area contributed by atoms with Crippen molar-refractivity contribution >= 4 is 52.7 Å². The van der Waals surface area contributed by atoms with Crippen molar-refractivity contribution in [2.24, 2.45) is 0 Å². The van der Waals surface area contributed by atoms with Crippen LogP contribution in [-0.2, 0) is 35.6 Å². The van der Waals surface area contributed by atoms with Gasteiger partial charge in [-0.25, -0.2) is 9.67 Å². The largest absolute Gasteiger partial charge is 0.457 e. The summed E-state index contributed by atoms with van der Waals surface area (Å²) in [7, 11) is 0. The molecule has 0 saturated carbocycles. The van der Waals surface area contributed by atoms with Gasteiger partial charge in [0.1, 0.15) is 59.7 Å². The maximum atomic E-state index is 11.9. The summed E-state index contributed by atoms with van der Waals surface area (Å²) in [4.78, 5) is 20.0. The van der Waals surface area contributed by atoms with Crippen molar-refractivity contribution in [2.45, 2.75) is 43.7 Å². The molecular formula is C37H33Cl4N6O6+. The third-order valence-electron chi connectivity index (χ3n) is 8.51. The van der Waals surface area contributed by atoms with Crippen LogP contribution in [0.3, 0.4) is 0 Å². The zero-order chi connectivity index (χ0) is 37.6. The summed E-state index contributed by atoms with van der Waals surface area (Å²) < 4.78 is 16.9. The fourth-order valence-corrected chi connectivity index (χ4v) is 6.87. The summed E-state index contributed by atoms with van der Waals surface area (Å²) >= 11 is 25.9. The summed E-state index contributed by atoms with van der Waals surface area (Å²) in [5.41, 5.74) is -1.80. The standard InChI is InChI=1S/C37H33Cl4N6O6/c38-26-1-3-27(4-2-26)52-29-5-9-32(35(41)16-29)37(51,12-14-49)20-47-24-43-23-46(47)18-25-15-28(7-10-33(25)39)53-30-6-8-31(34(40)17-30)36(50,11-13-48)19-45-22-42-21-44-45/h1-10,14-17,21-24,48,50-51H,11-13,18-20H2/q+1. The number of hydrogen-bond acceptors (Lipinski definition) is 9. The summed E-state index contributed by atoms with van der Waals surface area (Å²) in [6.07, 6.45) is 6.34. The van der Waals surface area contributed by atoms with Gasteiger partial charge in [-0.05, 0) is 71.7 Å². The first-order chi connectivity index (χ1) is 25.5. The summed E-state index contributed by atoms with van der Waals surface area (Å²) in [6.45, 7) is -0.0804. The van der Waals surface area contributed by atoms with Crippen molar-refractivity contribution in [3.8, 4) is 23.0 Å². The van der Waals surface area contributed by atoms with Crippen LogP contribution in [0.2, 0.25) is 20.1 Å². The molecular weight excluding hydrogens is 766 g/mol. The predicted molar refractivity (Wildman–Crippen MR) is 198 cm³/mol. The molecule has 0 radical (unpaired) electrons. The number of aliphatic hydroxyl groups excluding tert-OH is 1. The van der Waals surface area contributed by atoms with Crippen molar-refractivity contribution in [2.75, 3.05) is 6.61 Å². The third kappa shape index (κ3) is 9.17. The number of nitrogens with zero attached hydrogens (tertiary/aromatic N) is 6. The number of carbonyl (C=O) groups is 1. The molecule has 2 heterocycles. The highest BCUT2D eigenvalue weighted by Crippen LogP contribution is 2.38. The van der Waals surface area contributed by atoms with Gasteiger partial charge in [0.05, 0.1) is 23.1 Å². The number of hydrogen-bond donors (Lipinski definition) is 3. The van der Waals surface area contributed by atoms with E-state index in [0.29, 0.717) is 56.0 Å². The van der Waals surface area contributed by atoms with E-state index in [0.717, 1.165) is 0 Å². The van der Waals surface area contributed by atoms with Crippen molar-refractivity contribution < 1.29 is 34.3 Å². The number of aliphatic hydroxyl groups is 3. The molecule has 6 aromatic rings. The number of carbonyl (C=O) groups excluding carboxylic acids is 1. The second kappa shape index (κ2) is 16.6. The average Bonchev–Trinajstić information content (AvgIpc) is 3.79. The zero-order valence-corrected chi connectivity index (χ0v) is 30.9. The van der Waals surface area contributed by atoms with E-state index in [1.54, 1.807) is 94.6 Å². The lowest BCUT2D eigenvalue weighted by Crippen LogP contribution is -2.47. The Morgan fingerprint density at radius 2 is 1.36 bits per heavy atom. The maximum absolute atomic E-state index is 11.9. The first kappa shape index (κ1) is 38.2. The number of aldehydes is 1. The lowest BCUT2D eigenvalue weighted by molar-refractivity contribution is -0.770. The Bertz CT molecular complexity index is 2190. The highest BCUT2D eigenvalue weighted by Gasteiger charge is 2.35. The average molecular weight is 800 g/mol. The van der Waals surface area contributed by atoms with Crippen molar-refractivity contribution in [1.29, 1.82) is 0 Å². The second-order valence-corrected chi connectivity index (χ2v) is 13.9. The van der Waals surface area contributed by atoms with Gasteiger partial charge in [0, 0.05) is 46.2 Å². The normalized spacial score (nSPS) is 13.6. The van der Waals surface area contributed by atoms with Gasteiger partial charge in [0.25, 0.3) is 0 Å². The van der Waals surface area contributed by atoms with Gasteiger partial charge in [-0.1, -0.05) is 58.5 Å². The van der Waals surface area contributed by atoms with E-state index in [-0.39, 0.29) is 49.1 Å². The fraction of sp³-hybridized carbons (Fsp3) is 0.216. The molecule has 2 atom stereocenters. The number of benzene rings is 4. The molecule has 0 spiro atoms. The first-order valence-electron chi connectivity index (χ1n) is 16.2. The minimum absolute atomic E-state index is 0.0214. The van der Waals surface area contributed by atoms with E-state index in [9.17, 15) is 20.1 Å². The van der Waals surface area contributed by atoms with Crippen molar-refractivity contribution in [1.82, 2.24) is 24.4 Å². The molecule has 2 aromatic heterocycles. The molecule has 16 heteroatoms. The Hall–Kier alpha value is -4.53. The van der Waals surface area contributed by atoms with Gasteiger partial charge in [0.15, 0.2) is 0 Å². The van der Waals surface area contributed by atoms with E-state index < -0.39 is 11.2 Å². The summed E-state index contributed by atoms with van der Waals surface area (Å²) in [5, 5.41) is 38.5. The Balaban J connectivity index is 1.18. The molecule has 0 bridgehead atoms. The fourth-order valence-electron chi connectivity index (χ4n) is 5.87. The van der Waals surface area contributed by atoms with Gasteiger partial charge >= 0.3 is 6.33 Å².